The molecule has 0 aliphatic heterocycles. The zero-order valence-electron chi connectivity index (χ0n) is 18.1. The molecule has 10 heteroatoms. The smallest absolute Gasteiger partial charge is 0.257 e. The summed E-state index contributed by atoms with van der Waals surface area (Å²) in [7, 11) is 0. The van der Waals surface area contributed by atoms with Crippen molar-refractivity contribution in [2.24, 2.45) is 0 Å². The van der Waals surface area contributed by atoms with Gasteiger partial charge < -0.3 is 14.9 Å². The first-order valence-corrected chi connectivity index (χ1v) is 11.2. The van der Waals surface area contributed by atoms with Gasteiger partial charge in [-0.1, -0.05) is 23.4 Å². The Balaban J connectivity index is 1.94. The van der Waals surface area contributed by atoms with Crippen LogP contribution in [0.25, 0.3) is 0 Å². The first kappa shape index (κ1) is 24.9. The number of carbonyl (C=O) groups is 1. The van der Waals surface area contributed by atoms with Crippen LogP contribution in [0.4, 0.5) is 8.78 Å². The van der Waals surface area contributed by atoms with Crippen molar-refractivity contribution in [1.82, 2.24) is 15.8 Å². The van der Waals surface area contributed by atoms with Crippen LogP contribution in [0.2, 0.25) is 0 Å². The molecule has 6 nitrogen and oxygen atoms in total. The largest absolute Gasteiger partial charge is 0.388 e. The lowest BCUT2D eigenvalue weighted by molar-refractivity contribution is 0.0974. The van der Waals surface area contributed by atoms with Gasteiger partial charge in [-0.15, -0.1) is 0 Å². The van der Waals surface area contributed by atoms with Crippen LogP contribution in [0.15, 0.2) is 51.5 Å². The van der Waals surface area contributed by atoms with Gasteiger partial charge in [-0.3, -0.25) is 10.1 Å². The average Bonchev–Trinajstić information content (AvgIpc) is 3.09. The maximum absolute atomic E-state index is 14.9. The number of amides is 1. The Bertz CT molecular complexity index is 1170. The van der Waals surface area contributed by atoms with Crippen molar-refractivity contribution >= 4 is 39.2 Å². The molecular formula is C23H22BrF2N3O3S. The number of hydrogen-bond acceptors (Lipinski definition) is 5. The van der Waals surface area contributed by atoms with Crippen LogP contribution in [-0.2, 0) is 5.54 Å². The fourth-order valence-corrected chi connectivity index (χ4v) is 4.34. The molecule has 0 aliphatic carbocycles. The topological polar surface area (TPSA) is 87.4 Å². The number of nitrogens with one attached hydrogen (secondary N) is 2. The van der Waals surface area contributed by atoms with E-state index in [1.807, 2.05) is 0 Å². The zero-order valence-corrected chi connectivity index (χ0v) is 20.5. The molecule has 0 spiro atoms. The number of aliphatic hydroxyl groups is 1. The van der Waals surface area contributed by atoms with Gasteiger partial charge in [0, 0.05) is 29.2 Å². The molecule has 174 valence electrons. The van der Waals surface area contributed by atoms with Gasteiger partial charge in [-0.2, -0.15) is 0 Å². The van der Waals surface area contributed by atoms with Gasteiger partial charge in [0.05, 0.1) is 21.8 Å². The van der Waals surface area contributed by atoms with Crippen molar-refractivity contribution in [1.29, 1.82) is 0 Å². The van der Waals surface area contributed by atoms with Crippen LogP contribution in [0.5, 0.6) is 0 Å². The first-order valence-electron chi connectivity index (χ1n) is 9.96. The molecule has 0 saturated carbocycles. The fraction of sp³-hybridized carbons (Fsp3) is 0.261. The van der Waals surface area contributed by atoms with E-state index in [0.29, 0.717) is 22.6 Å². The minimum Gasteiger partial charge on any atom is -0.388 e. The van der Waals surface area contributed by atoms with Gasteiger partial charge in [0.2, 0.25) is 0 Å². The molecule has 0 saturated heterocycles. The predicted octanol–water partition coefficient (Wildman–Crippen LogP) is 4.98. The maximum Gasteiger partial charge on any atom is 0.257 e. The van der Waals surface area contributed by atoms with E-state index in [1.165, 1.54) is 6.07 Å². The molecule has 33 heavy (non-hydrogen) atoms. The summed E-state index contributed by atoms with van der Waals surface area (Å²) in [5.41, 5.74) is 0.0244. The summed E-state index contributed by atoms with van der Waals surface area (Å²) < 4.78 is 34.0. The highest BCUT2D eigenvalue weighted by molar-refractivity contribution is 9.10. The molecule has 3 N–H and O–H groups in total. The molecule has 0 bridgehead atoms. The zero-order chi connectivity index (χ0) is 24.3. The molecule has 2 unspecified atom stereocenters. The highest BCUT2D eigenvalue weighted by atomic mass is 79.9. The van der Waals surface area contributed by atoms with E-state index in [2.05, 4.69) is 31.7 Å². The Hall–Kier alpha value is -2.69. The molecule has 0 radical (unpaired) electrons. The number of nitrogens with zero attached hydrogens (tertiary/aromatic N) is 1. The Kier molecular flexibility index (Phi) is 7.61. The minimum absolute atomic E-state index is 0.0397. The van der Waals surface area contributed by atoms with Crippen LogP contribution in [0.3, 0.4) is 0 Å². The molecule has 1 heterocycles. The van der Waals surface area contributed by atoms with Crippen LogP contribution in [-0.4, -0.2) is 21.3 Å². The number of hydrogen-bond donors (Lipinski definition) is 3. The van der Waals surface area contributed by atoms with Crippen LogP contribution in [0, 0.1) is 25.5 Å². The molecule has 2 atom stereocenters. The van der Waals surface area contributed by atoms with E-state index in [9.17, 15) is 18.7 Å². The SMILES string of the molecule is Cc1noc(C)c1C(O)CC(C)(NC(=S)NC(=O)c1ccccc1)c1cc(Br)c(F)cc1F. The van der Waals surface area contributed by atoms with E-state index in [0.717, 1.165) is 6.07 Å². The number of benzene rings is 2. The van der Waals surface area contributed by atoms with Crippen molar-refractivity contribution in [2.45, 2.75) is 38.8 Å². The number of halogens is 3. The second-order valence-corrected chi connectivity index (χ2v) is 9.07. The van der Waals surface area contributed by atoms with Crippen molar-refractivity contribution in [2.75, 3.05) is 0 Å². The summed E-state index contributed by atoms with van der Waals surface area (Å²) in [6, 6.07) is 10.5. The Labute approximate surface area is 203 Å². The van der Waals surface area contributed by atoms with E-state index < -0.39 is 29.2 Å². The van der Waals surface area contributed by atoms with Crippen molar-refractivity contribution in [3.8, 4) is 0 Å². The quantitative estimate of drug-likeness (QED) is 0.303. The molecule has 0 aliphatic rings. The van der Waals surface area contributed by atoms with Crippen LogP contribution < -0.4 is 10.6 Å². The number of aliphatic hydroxyl groups excluding tert-OH is 1. The third-order valence-corrected chi connectivity index (χ3v) is 6.09. The van der Waals surface area contributed by atoms with Gasteiger partial charge in [-0.05, 0) is 67.1 Å². The summed E-state index contributed by atoms with van der Waals surface area (Å²) in [6.45, 7) is 4.93. The normalized spacial score (nSPS) is 13.8. The third-order valence-electron chi connectivity index (χ3n) is 5.28. The molecule has 2 aromatic carbocycles. The fourth-order valence-electron chi connectivity index (χ4n) is 3.67. The number of carbonyl (C=O) groups excluding carboxylic acids is 1. The summed E-state index contributed by atoms with van der Waals surface area (Å²) in [6.07, 6.45) is -1.21. The molecule has 1 amide bonds. The average molecular weight is 538 g/mol. The Morgan fingerprint density at radius 2 is 1.91 bits per heavy atom. The predicted molar refractivity (Wildman–Crippen MR) is 127 cm³/mol. The van der Waals surface area contributed by atoms with E-state index >= 15 is 0 Å². The number of thiocarbonyl (C=S) groups is 1. The Morgan fingerprint density at radius 3 is 2.52 bits per heavy atom. The lowest BCUT2D eigenvalue weighted by Gasteiger charge is -2.35. The monoisotopic (exact) mass is 537 g/mol. The van der Waals surface area contributed by atoms with Crippen LogP contribution >= 0.6 is 28.1 Å². The van der Waals surface area contributed by atoms with Gasteiger partial charge >= 0.3 is 0 Å². The molecule has 0 fully saturated rings. The number of rotatable bonds is 6. The summed E-state index contributed by atoms with van der Waals surface area (Å²) >= 11 is 8.40. The Morgan fingerprint density at radius 1 is 1.24 bits per heavy atom. The van der Waals surface area contributed by atoms with Gasteiger partial charge in [0.1, 0.15) is 17.4 Å². The molecule has 1 aromatic heterocycles. The standard InChI is InChI=1S/C23H22BrF2N3O3S/c1-12-20(13(2)32-29-12)19(30)11-23(3,15-9-16(24)18(26)10-17(15)25)28-22(33)27-21(31)14-7-5-4-6-8-14/h4-10,19,30H,11H2,1-3H3,(H2,27,28,31,33). The molecule has 3 rings (SSSR count). The first-order chi connectivity index (χ1) is 15.5. The van der Waals surface area contributed by atoms with E-state index in [-0.39, 0.29) is 21.6 Å². The maximum atomic E-state index is 14.9. The lowest BCUT2D eigenvalue weighted by atomic mass is 9.84. The van der Waals surface area contributed by atoms with Gasteiger partial charge in [0.25, 0.3) is 5.91 Å². The molecular weight excluding hydrogens is 516 g/mol. The third kappa shape index (κ3) is 5.63. The van der Waals surface area contributed by atoms with Gasteiger partial charge in [-0.25, -0.2) is 8.78 Å². The highest BCUT2D eigenvalue weighted by Crippen LogP contribution is 2.37. The lowest BCUT2D eigenvalue weighted by Crippen LogP contribution is -2.50. The number of aryl methyl sites for hydroxylation is 2. The number of aromatic nitrogens is 1. The van der Waals surface area contributed by atoms with Crippen molar-refractivity contribution in [3.63, 3.8) is 0 Å². The highest BCUT2D eigenvalue weighted by Gasteiger charge is 2.36. The summed E-state index contributed by atoms with van der Waals surface area (Å²) in [4.78, 5) is 12.5. The van der Waals surface area contributed by atoms with Gasteiger partial charge in [0.15, 0.2) is 5.11 Å². The van der Waals surface area contributed by atoms with E-state index in [1.54, 1.807) is 51.1 Å². The van der Waals surface area contributed by atoms with E-state index in [4.69, 9.17) is 16.7 Å². The molecule has 3 aromatic rings. The van der Waals surface area contributed by atoms with Crippen molar-refractivity contribution in [3.05, 3.63) is 86.7 Å². The summed E-state index contributed by atoms with van der Waals surface area (Å²) in [5.74, 6) is -1.65. The van der Waals surface area contributed by atoms with Crippen molar-refractivity contribution < 1.29 is 23.2 Å². The second-order valence-electron chi connectivity index (χ2n) is 7.81. The second kappa shape index (κ2) is 10.1. The van der Waals surface area contributed by atoms with Crippen LogP contribution in [0.1, 0.15) is 52.4 Å². The summed E-state index contributed by atoms with van der Waals surface area (Å²) in [5, 5.41) is 20.2. The minimum atomic E-state index is -1.35.